The molecule has 0 fully saturated rings. The van der Waals surface area contributed by atoms with Crippen LogP contribution in [0.25, 0.3) is 38.6 Å². The van der Waals surface area contributed by atoms with Crippen LogP contribution in [0.5, 0.6) is 0 Å². The highest BCUT2D eigenvalue weighted by Crippen LogP contribution is 2.38. The second-order valence-electron chi connectivity index (χ2n) is 9.87. The first kappa shape index (κ1) is 23.7. The van der Waals surface area contributed by atoms with Crippen LogP contribution >= 0.6 is 0 Å². The molecule has 0 atom stereocenters. The monoisotopic (exact) mass is 516 g/mol. The lowest BCUT2D eigenvalue weighted by molar-refractivity contribution is 1.01. The molecule has 7 rings (SSSR count). The van der Waals surface area contributed by atoms with E-state index in [0.29, 0.717) is 0 Å². The lowest BCUT2D eigenvalue weighted by atomic mass is 10.0. The van der Waals surface area contributed by atoms with Crippen molar-refractivity contribution in [2.24, 2.45) is 5.10 Å². The Morgan fingerprint density at radius 3 is 1.98 bits per heavy atom. The number of benzene rings is 5. The Balaban J connectivity index is 1.25. The van der Waals surface area contributed by atoms with E-state index in [1.54, 1.807) is 0 Å². The van der Waals surface area contributed by atoms with Gasteiger partial charge in [-0.3, -0.25) is 0 Å². The number of rotatable bonds is 5. The normalized spacial score (nSPS) is 13.0. The van der Waals surface area contributed by atoms with Crippen molar-refractivity contribution in [3.05, 3.63) is 145 Å². The van der Waals surface area contributed by atoms with Crippen LogP contribution in [0.4, 0.5) is 17.1 Å². The van der Waals surface area contributed by atoms with Crippen LogP contribution in [-0.4, -0.2) is 10.8 Å². The average molecular weight is 517 g/mol. The zero-order chi connectivity index (χ0) is 26.9. The topological polar surface area (TPSA) is 32.6 Å². The molecule has 1 N–H and O–H groups in total. The van der Waals surface area contributed by atoms with Crippen LogP contribution in [-0.2, 0) is 0 Å². The van der Waals surface area contributed by atoms with Gasteiger partial charge in [0.1, 0.15) is 0 Å². The second-order valence-corrected chi connectivity index (χ2v) is 9.87. The molecule has 0 saturated heterocycles. The summed E-state index contributed by atoms with van der Waals surface area (Å²) >= 11 is 0. The maximum atomic E-state index is 4.68. The molecule has 1 aromatic heterocycles. The number of hydrogen-bond acceptors (Lipinski definition) is 3. The summed E-state index contributed by atoms with van der Waals surface area (Å²) in [6.45, 7) is 2.08. The van der Waals surface area contributed by atoms with Crippen molar-refractivity contribution in [1.82, 2.24) is 4.57 Å². The van der Waals surface area contributed by atoms with Gasteiger partial charge in [-0.05, 0) is 67.6 Å². The lowest BCUT2D eigenvalue weighted by Crippen LogP contribution is -2.14. The first-order valence-electron chi connectivity index (χ1n) is 13.5. The van der Waals surface area contributed by atoms with Crippen molar-refractivity contribution in [2.75, 3.05) is 10.3 Å². The van der Waals surface area contributed by atoms with E-state index in [1.807, 2.05) is 23.4 Å². The average Bonchev–Trinajstić information content (AvgIpc) is 3.18. The Bertz CT molecular complexity index is 1890. The number of allylic oxidation sites excluding steroid dienone is 4. The molecular weight excluding hydrogens is 488 g/mol. The van der Waals surface area contributed by atoms with Crippen molar-refractivity contribution >= 4 is 45.1 Å². The van der Waals surface area contributed by atoms with E-state index in [4.69, 9.17) is 0 Å². The summed E-state index contributed by atoms with van der Waals surface area (Å²) in [5.41, 5.74) is 9.95. The smallest absolute Gasteiger partial charge is 0.0727 e. The third kappa shape index (κ3) is 4.16. The Morgan fingerprint density at radius 2 is 1.23 bits per heavy atom. The van der Waals surface area contributed by atoms with E-state index in [1.165, 1.54) is 21.8 Å². The van der Waals surface area contributed by atoms with Crippen molar-refractivity contribution in [3.63, 3.8) is 0 Å². The van der Waals surface area contributed by atoms with Gasteiger partial charge in [-0.1, -0.05) is 78.9 Å². The number of para-hydroxylation sites is 4. The molecular formula is C36H28N4. The molecule has 1 aliphatic heterocycles. The zero-order valence-electron chi connectivity index (χ0n) is 22.2. The molecule has 0 amide bonds. The van der Waals surface area contributed by atoms with Gasteiger partial charge in [0.25, 0.3) is 0 Å². The minimum Gasteiger partial charge on any atom is -0.355 e. The molecule has 192 valence electrons. The van der Waals surface area contributed by atoms with Crippen molar-refractivity contribution in [1.29, 1.82) is 0 Å². The van der Waals surface area contributed by atoms with Crippen LogP contribution in [0.2, 0.25) is 0 Å². The van der Waals surface area contributed by atoms with E-state index >= 15 is 0 Å². The van der Waals surface area contributed by atoms with Gasteiger partial charge >= 0.3 is 0 Å². The highest BCUT2D eigenvalue weighted by molar-refractivity contribution is 6.09. The fourth-order valence-corrected chi connectivity index (χ4v) is 5.53. The van der Waals surface area contributed by atoms with Gasteiger partial charge in [-0.25, -0.2) is 5.01 Å². The molecule has 0 unspecified atom stereocenters. The Morgan fingerprint density at radius 1 is 0.600 bits per heavy atom. The Labute approximate surface area is 233 Å². The molecule has 2 heterocycles. The van der Waals surface area contributed by atoms with E-state index in [2.05, 4.69) is 149 Å². The van der Waals surface area contributed by atoms with Crippen molar-refractivity contribution < 1.29 is 0 Å². The van der Waals surface area contributed by atoms with Gasteiger partial charge in [0, 0.05) is 50.9 Å². The predicted molar refractivity (Wildman–Crippen MR) is 170 cm³/mol. The van der Waals surface area contributed by atoms with E-state index < -0.39 is 0 Å². The van der Waals surface area contributed by atoms with Gasteiger partial charge in [-0.15, -0.1) is 0 Å². The molecule has 0 saturated carbocycles. The first-order chi connectivity index (χ1) is 19.8. The zero-order valence-corrected chi connectivity index (χ0v) is 22.2. The van der Waals surface area contributed by atoms with Gasteiger partial charge in [0.2, 0.25) is 0 Å². The van der Waals surface area contributed by atoms with Crippen LogP contribution in [0.3, 0.4) is 0 Å². The minimum absolute atomic E-state index is 1.03. The van der Waals surface area contributed by atoms with E-state index in [0.717, 1.165) is 39.6 Å². The molecule has 1 aliphatic rings. The quantitative estimate of drug-likeness (QED) is 0.247. The molecule has 40 heavy (non-hydrogen) atoms. The molecule has 4 nitrogen and oxygen atoms in total. The molecule has 0 aliphatic carbocycles. The van der Waals surface area contributed by atoms with E-state index in [9.17, 15) is 0 Å². The molecule has 6 aromatic rings. The summed E-state index contributed by atoms with van der Waals surface area (Å²) in [4.78, 5) is 0. The number of aromatic nitrogens is 1. The van der Waals surface area contributed by atoms with Crippen LogP contribution in [0, 0.1) is 0 Å². The number of hydrogen-bond donors (Lipinski definition) is 1. The van der Waals surface area contributed by atoms with Gasteiger partial charge in [-0.2, -0.15) is 5.10 Å². The van der Waals surface area contributed by atoms with Crippen molar-refractivity contribution in [3.8, 4) is 16.8 Å². The minimum atomic E-state index is 1.03. The number of nitrogens with zero attached hydrogens (tertiary/aromatic N) is 3. The molecule has 0 bridgehead atoms. The van der Waals surface area contributed by atoms with Crippen molar-refractivity contribution in [2.45, 2.75) is 6.92 Å². The van der Waals surface area contributed by atoms with Crippen LogP contribution < -0.4 is 10.3 Å². The number of nitrogens with one attached hydrogen (secondary N) is 1. The third-order valence-corrected chi connectivity index (χ3v) is 7.38. The van der Waals surface area contributed by atoms with Crippen LogP contribution in [0.1, 0.15) is 6.92 Å². The summed E-state index contributed by atoms with van der Waals surface area (Å²) in [5, 5.41) is 12.9. The maximum absolute atomic E-state index is 4.68. The summed E-state index contributed by atoms with van der Waals surface area (Å²) in [7, 11) is 0. The standard InChI is InChI=1S/C36H28N4/c1-26-12-10-11-25-37-40(26)36-20-9-5-14-30(36)29-13-2-6-17-33(29)38-27-21-23-28(24-22-27)39-34-18-7-3-15-31(34)32-16-4-8-19-35(32)39/h2-25,38H,1H3. The molecule has 4 heteroatoms. The fourth-order valence-electron chi connectivity index (χ4n) is 5.53. The maximum Gasteiger partial charge on any atom is 0.0727 e. The van der Waals surface area contributed by atoms with Crippen LogP contribution in [0.15, 0.2) is 150 Å². The number of hydrazone groups is 1. The Hall–Kier alpha value is -5.35. The molecule has 0 radical (unpaired) electrons. The first-order valence-corrected chi connectivity index (χ1v) is 13.5. The third-order valence-electron chi connectivity index (χ3n) is 7.38. The predicted octanol–water partition coefficient (Wildman–Crippen LogP) is 9.46. The summed E-state index contributed by atoms with van der Waals surface area (Å²) in [6.07, 6.45) is 7.86. The Kier molecular flexibility index (Phi) is 5.98. The SMILES string of the molecule is CC1=CC=CC=NN1c1ccccc1-c1ccccc1Nc1ccc(-n2c3ccccc3c3ccccc32)cc1. The summed E-state index contributed by atoms with van der Waals surface area (Å²) < 4.78 is 2.34. The fraction of sp³-hybridized carbons (Fsp3) is 0.0278. The van der Waals surface area contributed by atoms with Gasteiger partial charge < -0.3 is 9.88 Å². The largest absolute Gasteiger partial charge is 0.355 e. The molecule has 0 spiro atoms. The number of anilines is 3. The van der Waals surface area contributed by atoms with Gasteiger partial charge in [0.15, 0.2) is 0 Å². The number of fused-ring (bicyclic) bond motifs is 3. The highest BCUT2D eigenvalue weighted by atomic mass is 15.5. The van der Waals surface area contributed by atoms with E-state index in [-0.39, 0.29) is 0 Å². The molecule has 5 aromatic carbocycles. The van der Waals surface area contributed by atoms with Gasteiger partial charge in [0.05, 0.1) is 16.7 Å². The summed E-state index contributed by atoms with van der Waals surface area (Å²) in [5.74, 6) is 0. The summed E-state index contributed by atoms with van der Waals surface area (Å²) in [6, 6.07) is 42.7. The second kappa shape index (κ2) is 10.1. The highest BCUT2D eigenvalue weighted by Gasteiger charge is 2.16. The lowest BCUT2D eigenvalue weighted by Gasteiger charge is -2.23.